The van der Waals surface area contributed by atoms with Crippen LogP contribution in [0.15, 0.2) is 24.3 Å². The van der Waals surface area contributed by atoms with Gasteiger partial charge in [-0.1, -0.05) is 44.7 Å². The van der Waals surface area contributed by atoms with Gasteiger partial charge in [-0.3, -0.25) is 0 Å². The first-order chi connectivity index (χ1) is 10.6. The van der Waals surface area contributed by atoms with E-state index in [4.69, 9.17) is 4.74 Å². The Morgan fingerprint density at radius 1 is 1.27 bits per heavy atom. The van der Waals surface area contributed by atoms with E-state index in [-0.39, 0.29) is 0 Å². The lowest BCUT2D eigenvalue weighted by molar-refractivity contribution is 0.253. The molecule has 0 radical (unpaired) electrons. The highest BCUT2D eigenvalue weighted by molar-refractivity contribution is 7.64. The van der Waals surface area contributed by atoms with Gasteiger partial charge in [0, 0.05) is 12.3 Å². The van der Waals surface area contributed by atoms with Crippen molar-refractivity contribution >= 4 is 7.14 Å². The number of aliphatic hydroxyl groups excluding tert-OH is 1. The van der Waals surface area contributed by atoms with Crippen LogP contribution >= 0.6 is 7.14 Å². The Balaban J connectivity index is 1.91. The fourth-order valence-corrected chi connectivity index (χ4v) is 6.77. The molecule has 1 fully saturated rings. The molecule has 1 heterocycles. The van der Waals surface area contributed by atoms with Crippen molar-refractivity contribution in [2.24, 2.45) is 5.92 Å². The van der Waals surface area contributed by atoms with E-state index in [1.54, 1.807) is 7.11 Å². The van der Waals surface area contributed by atoms with Crippen molar-refractivity contribution < 1.29 is 14.4 Å². The van der Waals surface area contributed by atoms with Crippen LogP contribution in [0.25, 0.3) is 0 Å². The van der Waals surface area contributed by atoms with Gasteiger partial charge in [0.25, 0.3) is 0 Å². The average molecular weight is 324 g/mol. The molecular formula is C18H29O3P. The molecule has 4 heteroatoms. The number of rotatable bonds is 8. The molecule has 0 amide bonds. The molecule has 0 aromatic heterocycles. The highest BCUT2D eigenvalue weighted by Crippen LogP contribution is 2.64. The molecule has 3 unspecified atom stereocenters. The van der Waals surface area contributed by atoms with E-state index >= 15 is 0 Å². The first-order valence-corrected chi connectivity index (χ1v) is 10.6. The summed E-state index contributed by atoms with van der Waals surface area (Å²) >= 11 is 0. The van der Waals surface area contributed by atoms with Gasteiger partial charge in [-0.05, 0) is 36.5 Å². The summed E-state index contributed by atoms with van der Waals surface area (Å²) in [6.45, 7) is 2.22. The van der Waals surface area contributed by atoms with Crippen molar-refractivity contribution in [3.8, 4) is 5.75 Å². The van der Waals surface area contributed by atoms with Gasteiger partial charge < -0.3 is 14.4 Å². The second-order valence-electron chi connectivity index (χ2n) is 6.51. The fraction of sp³-hybridized carbons (Fsp3) is 0.667. The van der Waals surface area contributed by atoms with Crippen LogP contribution in [0.3, 0.4) is 0 Å². The minimum atomic E-state index is -2.50. The van der Waals surface area contributed by atoms with Crippen LogP contribution in [0.5, 0.6) is 5.75 Å². The molecule has 1 aromatic rings. The van der Waals surface area contributed by atoms with Crippen LogP contribution in [-0.2, 0) is 4.57 Å². The third kappa shape index (κ3) is 4.36. The number of unbranched alkanes of at least 4 members (excludes halogenated alkanes) is 3. The topological polar surface area (TPSA) is 46.5 Å². The number of hydrogen-bond acceptors (Lipinski definition) is 3. The van der Waals surface area contributed by atoms with E-state index in [0.717, 1.165) is 17.7 Å². The van der Waals surface area contributed by atoms with Gasteiger partial charge in [-0.15, -0.1) is 0 Å². The Morgan fingerprint density at radius 3 is 2.64 bits per heavy atom. The summed E-state index contributed by atoms with van der Waals surface area (Å²) < 4.78 is 18.2. The maximum atomic E-state index is 13.1. The van der Waals surface area contributed by atoms with E-state index in [0.29, 0.717) is 18.2 Å². The van der Waals surface area contributed by atoms with Crippen molar-refractivity contribution in [1.29, 1.82) is 0 Å². The number of hydrogen-bond donors (Lipinski definition) is 1. The largest absolute Gasteiger partial charge is 0.497 e. The molecule has 1 aromatic carbocycles. The maximum Gasteiger partial charge on any atom is 0.132 e. The molecule has 3 nitrogen and oxygen atoms in total. The predicted octanol–water partition coefficient (Wildman–Crippen LogP) is 5.04. The van der Waals surface area contributed by atoms with Gasteiger partial charge in [0.05, 0.1) is 7.11 Å². The SMILES string of the molecule is CCCCCCC1CCP(=O)(C(O)c2ccc(OC)cc2)C1. The first kappa shape index (κ1) is 17.6. The number of benzene rings is 1. The van der Waals surface area contributed by atoms with E-state index in [1.807, 2.05) is 24.3 Å². The molecular weight excluding hydrogens is 295 g/mol. The smallest absolute Gasteiger partial charge is 0.132 e. The summed E-state index contributed by atoms with van der Waals surface area (Å²) in [6, 6.07) is 7.31. The lowest BCUT2D eigenvalue weighted by Gasteiger charge is -2.20. The summed E-state index contributed by atoms with van der Waals surface area (Å²) in [5, 5.41) is 10.6. The Hall–Kier alpha value is -0.790. The van der Waals surface area contributed by atoms with Gasteiger partial charge in [0.2, 0.25) is 0 Å². The molecule has 1 N–H and O–H groups in total. The summed E-state index contributed by atoms with van der Waals surface area (Å²) in [5.74, 6) is 0.490. The van der Waals surface area contributed by atoms with Gasteiger partial charge in [-0.2, -0.15) is 0 Å². The van der Waals surface area contributed by atoms with Crippen molar-refractivity contribution in [2.45, 2.75) is 51.3 Å². The van der Waals surface area contributed by atoms with Gasteiger partial charge in [0.1, 0.15) is 18.7 Å². The van der Waals surface area contributed by atoms with Gasteiger partial charge in [0.15, 0.2) is 0 Å². The van der Waals surface area contributed by atoms with Gasteiger partial charge >= 0.3 is 0 Å². The average Bonchev–Trinajstić information content (AvgIpc) is 2.93. The van der Waals surface area contributed by atoms with Crippen molar-refractivity contribution in [3.05, 3.63) is 29.8 Å². The Kier molecular flexibility index (Phi) is 6.52. The van der Waals surface area contributed by atoms with E-state index in [2.05, 4.69) is 6.92 Å². The molecule has 22 heavy (non-hydrogen) atoms. The third-order valence-corrected chi connectivity index (χ3v) is 8.15. The van der Waals surface area contributed by atoms with Crippen LogP contribution in [0.2, 0.25) is 0 Å². The molecule has 0 aliphatic carbocycles. The second-order valence-corrected chi connectivity index (χ2v) is 9.72. The summed E-state index contributed by atoms with van der Waals surface area (Å²) in [4.78, 5) is 0. The van der Waals surface area contributed by atoms with E-state index < -0.39 is 13.0 Å². The summed E-state index contributed by atoms with van der Waals surface area (Å²) in [5.41, 5.74) is 0.760. The van der Waals surface area contributed by atoms with Crippen LogP contribution in [-0.4, -0.2) is 24.5 Å². The first-order valence-electron chi connectivity index (χ1n) is 8.49. The zero-order chi connectivity index (χ0) is 16.0. The number of ether oxygens (including phenoxy) is 1. The van der Waals surface area contributed by atoms with Crippen molar-refractivity contribution in [1.82, 2.24) is 0 Å². The normalized spacial score (nSPS) is 26.0. The molecule has 0 saturated carbocycles. The molecule has 0 bridgehead atoms. The Labute approximate surface area is 134 Å². The summed E-state index contributed by atoms with van der Waals surface area (Å²) in [7, 11) is -0.885. The quantitative estimate of drug-likeness (QED) is 0.538. The molecule has 1 saturated heterocycles. The zero-order valence-corrected chi connectivity index (χ0v) is 14.7. The van der Waals surface area contributed by atoms with Crippen LogP contribution < -0.4 is 4.74 Å². The highest BCUT2D eigenvalue weighted by Gasteiger charge is 2.40. The van der Waals surface area contributed by atoms with E-state index in [1.165, 1.54) is 32.1 Å². The molecule has 3 atom stereocenters. The minimum absolute atomic E-state index is 0.538. The van der Waals surface area contributed by atoms with Crippen LogP contribution in [0, 0.1) is 5.92 Å². The van der Waals surface area contributed by atoms with Crippen molar-refractivity contribution in [3.63, 3.8) is 0 Å². The molecule has 0 spiro atoms. The second kappa shape index (κ2) is 8.17. The highest BCUT2D eigenvalue weighted by atomic mass is 31.2. The predicted molar refractivity (Wildman–Crippen MR) is 92.2 cm³/mol. The zero-order valence-electron chi connectivity index (χ0n) is 13.8. The molecule has 2 rings (SSSR count). The Morgan fingerprint density at radius 2 is 2.00 bits per heavy atom. The standard InChI is InChI=1S/C18H29O3P/c1-3-4-5-6-7-15-12-13-22(20,14-15)18(19)16-8-10-17(21-2)11-9-16/h8-11,15,18-19H,3-7,12-14H2,1-2H3. The van der Waals surface area contributed by atoms with Crippen molar-refractivity contribution in [2.75, 3.05) is 19.4 Å². The van der Waals surface area contributed by atoms with Crippen LogP contribution in [0.4, 0.5) is 0 Å². The monoisotopic (exact) mass is 324 g/mol. The lowest BCUT2D eigenvalue weighted by Crippen LogP contribution is -2.03. The molecule has 1 aliphatic rings. The fourth-order valence-electron chi connectivity index (χ4n) is 3.39. The van der Waals surface area contributed by atoms with Crippen LogP contribution in [0.1, 0.15) is 56.9 Å². The summed E-state index contributed by atoms with van der Waals surface area (Å²) in [6.07, 6.45) is 8.63. The molecule has 124 valence electrons. The maximum absolute atomic E-state index is 13.1. The van der Waals surface area contributed by atoms with Gasteiger partial charge in [-0.25, -0.2) is 0 Å². The third-order valence-electron chi connectivity index (χ3n) is 4.81. The minimum Gasteiger partial charge on any atom is -0.497 e. The van der Waals surface area contributed by atoms with E-state index in [9.17, 15) is 9.67 Å². The number of aliphatic hydroxyl groups is 1. The molecule has 1 aliphatic heterocycles. The Bertz CT molecular complexity index is 498. The lowest BCUT2D eigenvalue weighted by atomic mass is 10.0. The number of methoxy groups -OCH3 is 1.